The van der Waals surface area contributed by atoms with Gasteiger partial charge in [-0.05, 0) is 37.5 Å². The van der Waals surface area contributed by atoms with Crippen molar-refractivity contribution in [3.05, 3.63) is 40.2 Å². The summed E-state index contributed by atoms with van der Waals surface area (Å²) in [7, 11) is 1.59. The highest BCUT2D eigenvalue weighted by atomic mass is 16.5. The van der Waals surface area contributed by atoms with Crippen LogP contribution in [0.2, 0.25) is 0 Å². The Morgan fingerprint density at radius 2 is 2.17 bits per heavy atom. The van der Waals surface area contributed by atoms with E-state index in [9.17, 15) is 9.90 Å². The standard InChI is InChI=1S/C18H23NO4/c1-12-4-3-5-14(11-20)19(12)10-13-8-18(21)23-17-9-15(22-2)6-7-16(13)17/h6-9,12,14,20H,3-5,10-11H2,1-2H3. The van der Waals surface area contributed by atoms with Gasteiger partial charge in [-0.15, -0.1) is 0 Å². The molecular formula is C18H23NO4. The third-order valence-corrected chi connectivity index (χ3v) is 4.80. The molecule has 3 rings (SSSR count). The van der Waals surface area contributed by atoms with Gasteiger partial charge in [0.1, 0.15) is 11.3 Å². The molecule has 5 nitrogen and oxygen atoms in total. The van der Waals surface area contributed by atoms with Crippen molar-refractivity contribution in [2.45, 2.75) is 44.8 Å². The minimum absolute atomic E-state index is 0.150. The van der Waals surface area contributed by atoms with Gasteiger partial charge in [0.2, 0.25) is 0 Å². The molecule has 0 radical (unpaired) electrons. The van der Waals surface area contributed by atoms with Gasteiger partial charge in [-0.2, -0.15) is 0 Å². The summed E-state index contributed by atoms with van der Waals surface area (Å²) >= 11 is 0. The van der Waals surface area contributed by atoms with E-state index in [0.29, 0.717) is 23.9 Å². The summed E-state index contributed by atoms with van der Waals surface area (Å²) in [4.78, 5) is 14.2. The third kappa shape index (κ3) is 3.26. The Labute approximate surface area is 135 Å². The number of aliphatic hydroxyl groups excluding tert-OH is 1. The summed E-state index contributed by atoms with van der Waals surface area (Å²) in [6.07, 6.45) is 3.25. The van der Waals surface area contributed by atoms with Crippen LogP contribution in [0.15, 0.2) is 33.5 Å². The molecule has 1 fully saturated rings. The van der Waals surface area contributed by atoms with Crippen molar-refractivity contribution in [2.24, 2.45) is 0 Å². The lowest BCUT2D eigenvalue weighted by molar-refractivity contribution is 0.0454. The minimum atomic E-state index is -0.356. The Hall–Kier alpha value is -1.85. The molecule has 2 heterocycles. The Kier molecular flexibility index (Phi) is 4.68. The average molecular weight is 317 g/mol. The average Bonchev–Trinajstić information content (AvgIpc) is 2.55. The van der Waals surface area contributed by atoms with Crippen molar-refractivity contribution >= 4 is 11.0 Å². The number of ether oxygens (including phenoxy) is 1. The van der Waals surface area contributed by atoms with Crippen molar-refractivity contribution in [1.29, 1.82) is 0 Å². The van der Waals surface area contributed by atoms with E-state index in [0.717, 1.165) is 30.2 Å². The van der Waals surface area contributed by atoms with Crippen molar-refractivity contribution < 1.29 is 14.3 Å². The van der Waals surface area contributed by atoms with Crippen molar-refractivity contribution in [2.75, 3.05) is 13.7 Å². The number of hydrogen-bond acceptors (Lipinski definition) is 5. The van der Waals surface area contributed by atoms with Crippen LogP contribution in [0.25, 0.3) is 11.0 Å². The summed E-state index contributed by atoms with van der Waals surface area (Å²) < 4.78 is 10.5. The fraction of sp³-hybridized carbons (Fsp3) is 0.500. The maximum atomic E-state index is 11.9. The molecule has 1 aromatic carbocycles. The molecular weight excluding hydrogens is 294 g/mol. The molecule has 1 saturated heterocycles. The van der Waals surface area contributed by atoms with E-state index in [1.54, 1.807) is 19.2 Å². The third-order valence-electron chi connectivity index (χ3n) is 4.80. The van der Waals surface area contributed by atoms with Crippen LogP contribution in [0.5, 0.6) is 5.75 Å². The fourth-order valence-electron chi connectivity index (χ4n) is 3.49. The van der Waals surface area contributed by atoms with Gasteiger partial charge >= 0.3 is 5.63 Å². The summed E-state index contributed by atoms with van der Waals surface area (Å²) in [6, 6.07) is 7.64. The highest BCUT2D eigenvalue weighted by molar-refractivity contribution is 5.81. The van der Waals surface area contributed by atoms with Crippen LogP contribution in [0, 0.1) is 0 Å². The normalized spacial score (nSPS) is 22.4. The second-order valence-electron chi connectivity index (χ2n) is 6.24. The first-order valence-corrected chi connectivity index (χ1v) is 8.09. The molecule has 0 saturated carbocycles. The number of piperidine rings is 1. The lowest BCUT2D eigenvalue weighted by Gasteiger charge is -2.40. The number of nitrogens with zero attached hydrogens (tertiary/aromatic N) is 1. The molecule has 0 spiro atoms. The number of methoxy groups -OCH3 is 1. The molecule has 2 unspecified atom stereocenters. The summed E-state index contributed by atoms with van der Waals surface area (Å²) in [5.41, 5.74) is 1.12. The minimum Gasteiger partial charge on any atom is -0.497 e. The Morgan fingerprint density at radius 3 is 2.91 bits per heavy atom. The Bertz CT molecular complexity index is 739. The topological polar surface area (TPSA) is 62.9 Å². The van der Waals surface area contributed by atoms with Gasteiger partial charge in [0.25, 0.3) is 0 Å². The molecule has 1 N–H and O–H groups in total. The van der Waals surface area contributed by atoms with Crippen LogP contribution in [-0.4, -0.2) is 35.8 Å². The number of fused-ring (bicyclic) bond motifs is 1. The molecule has 1 aliphatic rings. The fourth-order valence-corrected chi connectivity index (χ4v) is 3.49. The van der Waals surface area contributed by atoms with Gasteiger partial charge in [0, 0.05) is 36.1 Å². The zero-order valence-electron chi connectivity index (χ0n) is 13.6. The van der Waals surface area contributed by atoms with E-state index in [2.05, 4.69) is 11.8 Å². The molecule has 5 heteroatoms. The van der Waals surface area contributed by atoms with E-state index in [4.69, 9.17) is 9.15 Å². The van der Waals surface area contributed by atoms with Crippen molar-refractivity contribution in [3.63, 3.8) is 0 Å². The van der Waals surface area contributed by atoms with Gasteiger partial charge < -0.3 is 14.3 Å². The van der Waals surface area contributed by atoms with Crippen molar-refractivity contribution in [1.82, 2.24) is 4.90 Å². The van der Waals surface area contributed by atoms with E-state index in [1.165, 1.54) is 0 Å². The van der Waals surface area contributed by atoms with Gasteiger partial charge in [0.05, 0.1) is 13.7 Å². The molecule has 0 amide bonds. The monoisotopic (exact) mass is 317 g/mol. The Morgan fingerprint density at radius 1 is 1.35 bits per heavy atom. The first-order chi connectivity index (χ1) is 11.1. The van der Waals surface area contributed by atoms with Crippen LogP contribution in [0.4, 0.5) is 0 Å². The number of aliphatic hydroxyl groups is 1. The van der Waals surface area contributed by atoms with Crippen molar-refractivity contribution in [3.8, 4) is 5.75 Å². The van der Waals surface area contributed by atoms with Crippen LogP contribution in [0.1, 0.15) is 31.7 Å². The predicted molar refractivity (Wildman–Crippen MR) is 88.8 cm³/mol. The summed E-state index contributed by atoms with van der Waals surface area (Å²) in [5.74, 6) is 0.664. The predicted octanol–water partition coefficient (Wildman–Crippen LogP) is 2.54. The molecule has 1 aliphatic heterocycles. The van der Waals surface area contributed by atoms with Gasteiger partial charge in [-0.25, -0.2) is 4.79 Å². The lowest BCUT2D eigenvalue weighted by Crippen LogP contribution is -2.46. The van der Waals surface area contributed by atoms with Crippen LogP contribution in [-0.2, 0) is 6.54 Å². The smallest absolute Gasteiger partial charge is 0.336 e. The highest BCUT2D eigenvalue weighted by Gasteiger charge is 2.27. The molecule has 0 aliphatic carbocycles. The van der Waals surface area contributed by atoms with E-state index in [1.807, 2.05) is 12.1 Å². The maximum Gasteiger partial charge on any atom is 0.336 e. The number of rotatable bonds is 4. The Balaban J connectivity index is 2.00. The van der Waals surface area contributed by atoms with Crippen LogP contribution >= 0.6 is 0 Å². The summed E-state index contributed by atoms with van der Waals surface area (Å²) in [6.45, 7) is 2.97. The SMILES string of the molecule is COc1ccc2c(CN3C(C)CCCC3CO)cc(=O)oc2c1. The van der Waals surface area contributed by atoms with Gasteiger partial charge in [-0.1, -0.05) is 6.42 Å². The molecule has 1 aromatic heterocycles. The van der Waals surface area contributed by atoms with Gasteiger partial charge in [-0.3, -0.25) is 4.90 Å². The molecule has 2 aromatic rings. The summed E-state index contributed by atoms with van der Waals surface area (Å²) in [5, 5.41) is 10.6. The quantitative estimate of drug-likeness (QED) is 0.878. The number of benzene rings is 1. The zero-order valence-corrected chi connectivity index (χ0v) is 13.6. The van der Waals surface area contributed by atoms with Crippen LogP contribution < -0.4 is 10.4 Å². The zero-order chi connectivity index (χ0) is 16.4. The lowest BCUT2D eigenvalue weighted by atomic mass is 9.95. The first-order valence-electron chi connectivity index (χ1n) is 8.09. The molecule has 0 bridgehead atoms. The molecule has 124 valence electrons. The van der Waals surface area contributed by atoms with E-state index < -0.39 is 0 Å². The number of likely N-dealkylation sites (tertiary alicyclic amines) is 1. The van der Waals surface area contributed by atoms with Gasteiger partial charge in [0.15, 0.2) is 0 Å². The van der Waals surface area contributed by atoms with E-state index >= 15 is 0 Å². The molecule has 23 heavy (non-hydrogen) atoms. The maximum absolute atomic E-state index is 11.9. The second kappa shape index (κ2) is 6.72. The van der Waals surface area contributed by atoms with Crippen LogP contribution in [0.3, 0.4) is 0 Å². The highest BCUT2D eigenvalue weighted by Crippen LogP contribution is 2.28. The largest absolute Gasteiger partial charge is 0.497 e. The van der Waals surface area contributed by atoms with E-state index in [-0.39, 0.29) is 18.3 Å². The first kappa shape index (κ1) is 16.0. The second-order valence-corrected chi connectivity index (χ2v) is 6.24. The number of hydrogen-bond donors (Lipinski definition) is 1. The molecule has 2 atom stereocenters.